The van der Waals surface area contributed by atoms with Crippen molar-refractivity contribution in [3.63, 3.8) is 0 Å². The molecule has 230 valence electrons. The number of hydrogen-bond donors (Lipinski definition) is 0. The minimum Gasteiger partial charge on any atom is -0.457 e. The van der Waals surface area contributed by atoms with Crippen LogP contribution in [0.2, 0.25) is 0 Å². The van der Waals surface area contributed by atoms with E-state index in [-0.39, 0.29) is 0 Å². The Morgan fingerprint density at radius 3 is 1.78 bits per heavy atom. The zero-order valence-corrected chi connectivity index (χ0v) is 26.8. The van der Waals surface area contributed by atoms with Crippen molar-refractivity contribution in [2.45, 2.75) is 5.41 Å². The first-order valence-corrected chi connectivity index (χ1v) is 16.9. The average Bonchev–Trinajstić information content (AvgIpc) is 3.50. The normalized spacial score (nSPS) is 13.2. The molecule has 0 bridgehead atoms. The molecule has 49 heavy (non-hydrogen) atoms. The third-order valence-electron chi connectivity index (χ3n) is 10.3. The maximum absolute atomic E-state index is 6.77. The number of rotatable bonds is 4. The Labute approximate surface area is 285 Å². The summed E-state index contributed by atoms with van der Waals surface area (Å²) in [4.78, 5) is 0. The van der Waals surface area contributed by atoms with Crippen LogP contribution in [0.3, 0.4) is 0 Å². The maximum Gasteiger partial charge on any atom is 0.132 e. The highest BCUT2D eigenvalue weighted by atomic mass is 16.5. The molecule has 0 amide bonds. The lowest BCUT2D eigenvalue weighted by Crippen LogP contribution is -2.34. The van der Waals surface area contributed by atoms with Gasteiger partial charge in [-0.3, -0.25) is 0 Å². The van der Waals surface area contributed by atoms with Crippen molar-refractivity contribution < 1.29 is 4.74 Å². The first-order valence-electron chi connectivity index (χ1n) is 16.9. The van der Waals surface area contributed by atoms with Crippen LogP contribution in [0.5, 0.6) is 11.5 Å². The lowest BCUT2D eigenvalue weighted by molar-refractivity contribution is 0.434. The summed E-state index contributed by atoms with van der Waals surface area (Å²) < 4.78 is 9.18. The Bertz CT molecular complexity index is 2630. The molecule has 2 heteroatoms. The molecule has 1 aliphatic rings. The van der Waals surface area contributed by atoms with Gasteiger partial charge in [-0.2, -0.15) is 0 Å². The molecule has 2 nitrogen and oxygen atoms in total. The van der Waals surface area contributed by atoms with Gasteiger partial charge >= 0.3 is 0 Å². The van der Waals surface area contributed by atoms with Gasteiger partial charge in [0.2, 0.25) is 0 Å². The van der Waals surface area contributed by atoms with E-state index in [4.69, 9.17) is 4.74 Å². The molecule has 1 aromatic heterocycles. The molecule has 0 radical (unpaired) electrons. The van der Waals surface area contributed by atoms with E-state index in [2.05, 4.69) is 193 Å². The first kappa shape index (κ1) is 27.7. The van der Waals surface area contributed by atoms with E-state index in [1.165, 1.54) is 49.3 Å². The zero-order valence-electron chi connectivity index (χ0n) is 26.8. The molecule has 0 atom stereocenters. The van der Waals surface area contributed by atoms with Crippen molar-refractivity contribution in [3.8, 4) is 28.3 Å². The van der Waals surface area contributed by atoms with Crippen LogP contribution in [0.1, 0.15) is 22.3 Å². The zero-order chi connectivity index (χ0) is 32.4. The van der Waals surface area contributed by atoms with Crippen LogP contribution in [0, 0.1) is 0 Å². The van der Waals surface area contributed by atoms with Crippen LogP contribution >= 0.6 is 0 Å². The van der Waals surface area contributed by atoms with Crippen molar-refractivity contribution in [2.75, 3.05) is 0 Å². The summed E-state index contributed by atoms with van der Waals surface area (Å²) in [5.41, 5.74) is 10.0. The second kappa shape index (κ2) is 10.8. The lowest BCUT2D eigenvalue weighted by Gasteiger charge is -2.41. The van der Waals surface area contributed by atoms with Crippen LogP contribution in [-0.4, -0.2) is 4.57 Å². The van der Waals surface area contributed by atoms with Crippen molar-refractivity contribution in [2.24, 2.45) is 0 Å². The number of hydrogen-bond acceptors (Lipinski definition) is 1. The third kappa shape index (κ3) is 4.01. The van der Waals surface area contributed by atoms with E-state index in [1.807, 2.05) is 0 Å². The van der Waals surface area contributed by atoms with Crippen LogP contribution in [0.25, 0.3) is 49.4 Å². The summed E-state index contributed by atoms with van der Waals surface area (Å²) in [6.07, 6.45) is 0. The fraction of sp³-hybridized carbons (Fsp3) is 0.0213. The lowest BCUT2D eigenvalue weighted by atomic mass is 9.63. The Hall–Kier alpha value is -6.38. The van der Waals surface area contributed by atoms with Crippen molar-refractivity contribution >= 4 is 32.6 Å². The van der Waals surface area contributed by atoms with Gasteiger partial charge < -0.3 is 9.30 Å². The van der Waals surface area contributed by atoms with Crippen LogP contribution in [0.4, 0.5) is 0 Å². The number of fused-ring (bicyclic) bond motifs is 6. The minimum atomic E-state index is -0.593. The van der Waals surface area contributed by atoms with Crippen molar-refractivity contribution in [1.29, 1.82) is 0 Å². The summed E-state index contributed by atoms with van der Waals surface area (Å²) in [5, 5.41) is 4.92. The number of ether oxygens (including phenoxy) is 1. The van der Waals surface area contributed by atoms with E-state index in [1.54, 1.807) is 0 Å². The summed E-state index contributed by atoms with van der Waals surface area (Å²) >= 11 is 0. The minimum absolute atomic E-state index is 0.593. The molecular weight excluding hydrogens is 595 g/mol. The molecule has 9 aromatic rings. The number of para-hydroxylation sites is 3. The molecule has 0 unspecified atom stereocenters. The Balaban J connectivity index is 1.36. The molecule has 2 heterocycles. The second-order valence-corrected chi connectivity index (χ2v) is 12.8. The summed E-state index contributed by atoms with van der Waals surface area (Å²) in [6.45, 7) is 0. The molecule has 0 aliphatic carbocycles. The molecule has 0 saturated heterocycles. The maximum atomic E-state index is 6.77. The summed E-state index contributed by atoms with van der Waals surface area (Å²) in [5.74, 6) is 1.76. The highest BCUT2D eigenvalue weighted by Crippen LogP contribution is 2.56. The van der Waals surface area contributed by atoms with Gasteiger partial charge in [-0.05, 0) is 75.5 Å². The van der Waals surface area contributed by atoms with Gasteiger partial charge in [0.1, 0.15) is 11.5 Å². The highest BCUT2D eigenvalue weighted by molar-refractivity contribution is 6.23. The standard InChI is InChI=1S/C47H31NO/c1-4-17-34(18-5-1)47(35-19-6-2-7-20-35)39-25-13-15-27-43(39)49-44-29-28-33(30-40(44)47)45-37-23-11-10-16-32(37)31-42-46(45)38-24-12-14-26-41(38)48(42)36-21-8-3-9-22-36/h1-31H. The van der Waals surface area contributed by atoms with E-state index in [0.29, 0.717) is 0 Å². The fourth-order valence-electron chi connectivity index (χ4n) is 8.31. The van der Waals surface area contributed by atoms with Gasteiger partial charge in [-0.1, -0.05) is 146 Å². The van der Waals surface area contributed by atoms with Crippen LogP contribution in [0.15, 0.2) is 188 Å². The second-order valence-electron chi connectivity index (χ2n) is 12.8. The van der Waals surface area contributed by atoms with E-state index < -0.39 is 5.41 Å². The van der Waals surface area contributed by atoms with Gasteiger partial charge in [0.25, 0.3) is 0 Å². The van der Waals surface area contributed by atoms with Crippen molar-refractivity contribution in [3.05, 3.63) is 210 Å². The molecule has 0 fully saturated rings. The highest BCUT2D eigenvalue weighted by Gasteiger charge is 2.45. The van der Waals surface area contributed by atoms with E-state index in [0.717, 1.165) is 33.9 Å². The fourth-order valence-corrected chi connectivity index (χ4v) is 8.31. The van der Waals surface area contributed by atoms with Gasteiger partial charge in [0, 0.05) is 27.6 Å². The van der Waals surface area contributed by atoms with E-state index in [9.17, 15) is 0 Å². The first-order chi connectivity index (χ1) is 24.3. The SMILES string of the molecule is c1ccc(-n2c3ccccc3c3c(-c4ccc5c(c4)C(c4ccccc4)(c4ccccc4)c4ccccc4O5)c4ccccc4cc32)cc1. The van der Waals surface area contributed by atoms with Crippen molar-refractivity contribution in [1.82, 2.24) is 4.57 Å². The van der Waals surface area contributed by atoms with Gasteiger partial charge in [-0.15, -0.1) is 0 Å². The van der Waals surface area contributed by atoms with E-state index >= 15 is 0 Å². The Kier molecular flexibility index (Phi) is 6.13. The van der Waals surface area contributed by atoms with Crippen LogP contribution < -0.4 is 4.74 Å². The van der Waals surface area contributed by atoms with Crippen LogP contribution in [-0.2, 0) is 5.41 Å². The van der Waals surface area contributed by atoms with Gasteiger partial charge in [-0.25, -0.2) is 0 Å². The quantitative estimate of drug-likeness (QED) is 0.190. The molecular formula is C47H31NO. The third-order valence-corrected chi connectivity index (χ3v) is 10.3. The topological polar surface area (TPSA) is 14.2 Å². The molecule has 10 rings (SSSR count). The Morgan fingerprint density at radius 1 is 0.429 bits per heavy atom. The largest absolute Gasteiger partial charge is 0.457 e. The summed E-state index contributed by atoms with van der Waals surface area (Å²) in [6, 6.07) is 67.9. The van der Waals surface area contributed by atoms with Gasteiger partial charge in [0.15, 0.2) is 0 Å². The monoisotopic (exact) mass is 625 g/mol. The molecule has 0 N–H and O–H groups in total. The predicted octanol–water partition coefficient (Wildman–Crippen LogP) is 12.1. The van der Waals surface area contributed by atoms with Gasteiger partial charge in [0.05, 0.1) is 16.4 Å². The predicted molar refractivity (Wildman–Crippen MR) is 202 cm³/mol. The molecule has 8 aromatic carbocycles. The summed E-state index contributed by atoms with van der Waals surface area (Å²) in [7, 11) is 0. The molecule has 1 aliphatic heterocycles. The molecule has 0 saturated carbocycles. The number of nitrogens with zero attached hydrogens (tertiary/aromatic N) is 1. The smallest absolute Gasteiger partial charge is 0.132 e. The Morgan fingerprint density at radius 2 is 1.02 bits per heavy atom. The number of benzene rings is 8. The average molecular weight is 626 g/mol. The number of aromatic nitrogens is 1. The molecule has 0 spiro atoms.